The van der Waals surface area contributed by atoms with Gasteiger partial charge in [-0.05, 0) is 67.8 Å². The molecule has 8 heteroatoms. The number of hydrogen-bond donors (Lipinski definition) is 1. The number of carbonyl (C=O) groups excluding carboxylic acids is 1. The first-order valence-corrected chi connectivity index (χ1v) is 12.9. The first kappa shape index (κ1) is 21.2. The van der Waals surface area contributed by atoms with E-state index in [-0.39, 0.29) is 11.8 Å². The van der Waals surface area contributed by atoms with Crippen molar-refractivity contribution in [3.8, 4) is 0 Å². The molecule has 1 aliphatic rings. The van der Waals surface area contributed by atoms with Gasteiger partial charge >= 0.3 is 0 Å². The van der Waals surface area contributed by atoms with Crippen LogP contribution in [0, 0.1) is 5.92 Å². The van der Waals surface area contributed by atoms with Gasteiger partial charge < -0.3 is 5.32 Å². The van der Waals surface area contributed by atoms with Crippen LogP contribution in [0.25, 0.3) is 0 Å². The average molecular weight is 437 g/mol. The summed E-state index contributed by atoms with van der Waals surface area (Å²) in [5.74, 6) is -0.220. The summed E-state index contributed by atoms with van der Waals surface area (Å²) in [7, 11) is -3.51. The Kier molecular flexibility index (Phi) is 7.09. The van der Waals surface area contributed by atoms with E-state index in [1.165, 1.54) is 4.31 Å². The van der Waals surface area contributed by atoms with Gasteiger partial charge in [0.1, 0.15) is 0 Å². The van der Waals surface area contributed by atoms with Gasteiger partial charge in [-0.2, -0.15) is 4.31 Å². The average Bonchev–Trinajstić information content (AvgIpc) is 2.74. The minimum absolute atomic E-state index is 0.0420. The molecule has 0 aliphatic carbocycles. The molecule has 3 rings (SSSR count). The second-order valence-corrected chi connectivity index (χ2v) is 10.3. The van der Waals surface area contributed by atoms with E-state index in [0.29, 0.717) is 30.8 Å². The van der Waals surface area contributed by atoms with E-state index in [9.17, 15) is 13.2 Å². The molecule has 0 radical (unpaired) electrons. The SMILES string of the molecule is CSc1ccc(S(=O)(=O)N2CCC(C(=O)Nc3cccc(SC)c3)CC2)cc1. The lowest BCUT2D eigenvalue weighted by Crippen LogP contribution is -2.41. The lowest BCUT2D eigenvalue weighted by Gasteiger charge is -2.30. The molecule has 0 saturated carbocycles. The first-order chi connectivity index (χ1) is 13.4. The maximum atomic E-state index is 12.8. The fourth-order valence-corrected chi connectivity index (χ4v) is 5.54. The lowest BCUT2D eigenvalue weighted by atomic mass is 9.97. The topological polar surface area (TPSA) is 66.5 Å². The van der Waals surface area contributed by atoms with Gasteiger partial charge in [0.15, 0.2) is 0 Å². The highest BCUT2D eigenvalue weighted by molar-refractivity contribution is 7.98. The van der Waals surface area contributed by atoms with Crippen molar-refractivity contribution in [2.75, 3.05) is 30.9 Å². The number of benzene rings is 2. The van der Waals surface area contributed by atoms with Crippen LogP contribution < -0.4 is 5.32 Å². The summed E-state index contributed by atoms with van der Waals surface area (Å²) in [4.78, 5) is 15.0. The van der Waals surface area contributed by atoms with Crippen molar-refractivity contribution < 1.29 is 13.2 Å². The number of hydrogen-bond acceptors (Lipinski definition) is 5. The number of thioether (sulfide) groups is 2. The highest BCUT2D eigenvalue weighted by Crippen LogP contribution is 2.27. The second kappa shape index (κ2) is 9.35. The van der Waals surface area contributed by atoms with E-state index >= 15 is 0 Å². The van der Waals surface area contributed by atoms with E-state index in [2.05, 4.69) is 5.32 Å². The molecule has 1 N–H and O–H groups in total. The quantitative estimate of drug-likeness (QED) is 0.689. The van der Waals surface area contributed by atoms with Crippen LogP contribution >= 0.6 is 23.5 Å². The Bertz CT molecular complexity index is 922. The zero-order valence-corrected chi connectivity index (χ0v) is 18.4. The number of carbonyl (C=O) groups is 1. The largest absolute Gasteiger partial charge is 0.326 e. The molecular formula is C20H24N2O3S3. The standard InChI is InChI=1S/C20H24N2O3S3/c1-26-17-6-8-19(9-7-17)28(24,25)22-12-10-15(11-13-22)20(23)21-16-4-3-5-18(14-16)27-2/h3-9,14-15H,10-13H2,1-2H3,(H,21,23). The Morgan fingerprint density at radius 3 is 2.25 bits per heavy atom. The molecule has 1 heterocycles. The maximum Gasteiger partial charge on any atom is 0.243 e. The lowest BCUT2D eigenvalue weighted by molar-refractivity contribution is -0.120. The third kappa shape index (κ3) is 4.92. The number of piperidine rings is 1. The summed E-state index contributed by atoms with van der Waals surface area (Å²) in [6.07, 6.45) is 4.99. The minimum Gasteiger partial charge on any atom is -0.326 e. The minimum atomic E-state index is -3.51. The molecule has 1 amide bonds. The van der Waals surface area contributed by atoms with Crippen LogP contribution in [0.4, 0.5) is 5.69 Å². The Balaban J connectivity index is 1.60. The van der Waals surface area contributed by atoms with Gasteiger partial charge in [-0.25, -0.2) is 8.42 Å². The van der Waals surface area contributed by atoms with Crippen molar-refractivity contribution in [1.82, 2.24) is 4.31 Å². The number of nitrogens with one attached hydrogen (secondary N) is 1. The van der Waals surface area contributed by atoms with Crippen molar-refractivity contribution in [2.45, 2.75) is 27.5 Å². The van der Waals surface area contributed by atoms with E-state index in [1.807, 2.05) is 48.9 Å². The molecule has 1 aliphatic heterocycles. The van der Waals surface area contributed by atoms with Crippen LogP contribution in [0.15, 0.2) is 63.2 Å². The molecule has 28 heavy (non-hydrogen) atoms. The van der Waals surface area contributed by atoms with Gasteiger partial charge in [0.25, 0.3) is 0 Å². The molecule has 0 aromatic heterocycles. The molecule has 0 bridgehead atoms. The van der Waals surface area contributed by atoms with Crippen LogP contribution in [-0.2, 0) is 14.8 Å². The smallest absolute Gasteiger partial charge is 0.243 e. The van der Waals surface area contributed by atoms with Crippen LogP contribution in [0.2, 0.25) is 0 Å². The molecule has 2 aromatic carbocycles. The Morgan fingerprint density at radius 1 is 1.00 bits per heavy atom. The van der Waals surface area contributed by atoms with Crippen molar-refractivity contribution in [3.63, 3.8) is 0 Å². The number of anilines is 1. The first-order valence-electron chi connectivity index (χ1n) is 9.03. The zero-order valence-electron chi connectivity index (χ0n) is 15.9. The van der Waals surface area contributed by atoms with Gasteiger partial charge in [-0.1, -0.05) is 6.07 Å². The number of sulfonamides is 1. The monoisotopic (exact) mass is 436 g/mol. The van der Waals surface area contributed by atoms with Crippen LogP contribution in [0.3, 0.4) is 0 Å². The number of rotatable bonds is 6. The molecule has 150 valence electrons. The van der Waals surface area contributed by atoms with Crippen molar-refractivity contribution >= 4 is 45.1 Å². The Hall–Kier alpha value is -1.48. The molecule has 2 aromatic rings. The fraction of sp³-hybridized carbons (Fsp3) is 0.350. The van der Waals surface area contributed by atoms with E-state index in [0.717, 1.165) is 15.5 Å². The van der Waals surface area contributed by atoms with Gasteiger partial charge in [0.2, 0.25) is 15.9 Å². The predicted molar refractivity (Wildman–Crippen MR) is 117 cm³/mol. The summed E-state index contributed by atoms with van der Waals surface area (Å²) in [5.41, 5.74) is 0.779. The summed E-state index contributed by atoms with van der Waals surface area (Å²) in [6, 6.07) is 14.7. The molecular weight excluding hydrogens is 412 g/mol. The molecule has 1 saturated heterocycles. The molecule has 0 atom stereocenters. The third-order valence-corrected chi connectivity index (χ3v) is 8.24. The van der Waals surface area contributed by atoms with Crippen molar-refractivity contribution in [3.05, 3.63) is 48.5 Å². The molecule has 1 fully saturated rings. The van der Waals surface area contributed by atoms with Gasteiger partial charge in [-0.15, -0.1) is 23.5 Å². The van der Waals surface area contributed by atoms with Gasteiger partial charge in [-0.3, -0.25) is 4.79 Å². The van der Waals surface area contributed by atoms with Gasteiger partial charge in [0.05, 0.1) is 4.90 Å². The molecule has 0 unspecified atom stereocenters. The van der Waals surface area contributed by atoms with Crippen molar-refractivity contribution in [1.29, 1.82) is 0 Å². The predicted octanol–water partition coefficient (Wildman–Crippen LogP) is 4.17. The van der Waals surface area contributed by atoms with Gasteiger partial charge in [0, 0.05) is 34.5 Å². The second-order valence-electron chi connectivity index (χ2n) is 6.58. The highest BCUT2D eigenvalue weighted by atomic mass is 32.2. The fourth-order valence-electron chi connectivity index (χ4n) is 3.20. The summed E-state index contributed by atoms with van der Waals surface area (Å²) in [5, 5.41) is 2.96. The van der Waals surface area contributed by atoms with Crippen LogP contribution in [0.5, 0.6) is 0 Å². The number of nitrogens with zero attached hydrogens (tertiary/aromatic N) is 1. The highest BCUT2D eigenvalue weighted by Gasteiger charge is 2.32. The van der Waals surface area contributed by atoms with Crippen LogP contribution in [-0.4, -0.2) is 44.2 Å². The zero-order chi connectivity index (χ0) is 20.1. The summed E-state index contributed by atoms with van der Waals surface area (Å²) < 4.78 is 27.2. The van der Waals surface area contributed by atoms with E-state index in [4.69, 9.17) is 0 Å². The van der Waals surface area contributed by atoms with E-state index in [1.54, 1.807) is 35.7 Å². The Labute approximate surface area is 175 Å². The molecule has 0 spiro atoms. The Morgan fingerprint density at radius 2 is 1.64 bits per heavy atom. The summed E-state index contributed by atoms with van der Waals surface area (Å²) in [6.45, 7) is 0.713. The van der Waals surface area contributed by atoms with E-state index < -0.39 is 10.0 Å². The number of amides is 1. The normalized spacial score (nSPS) is 16.1. The van der Waals surface area contributed by atoms with Crippen LogP contribution in [0.1, 0.15) is 12.8 Å². The maximum absolute atomic E-state index is 12.8. The van der Waals surface area contributed by atoms with Crippen molar-refractivity contribution in [2.24, 2.45) is 5.92 Å². The third-order valence-electron chi connectivity index (χ3n) is 4.86. The molecule has 5 nitrogen and oxygen atoms in total. The summed E-state index contributed by atoms with van der Waals surface area (Å²) >= 11 is 3.20.